The Morgan fingerprint density at radius 1 is 1.50 bits per heavy atom. The molecule has 0 radical (unpaired) electrons. The number of rotatable bonds is 5. The van der Waals surface area contributed by atoms with E-state index in [9.17, 15) is 4.39 Å². The standard InChI is InChI=1S/C14H16FN5/c1-3-7-17-10(2)14-11(15)5-4-6-12(14)20-9-18-13(8-16)19-20/h4-6,9-10,17H,3,7H2,1-2H3. The van der Waals surface area contributed by atoms with Gasteiger partial charge in [-0.05, 0) is 32.0 Å². The molecular weight excluding hydrogens is 257 g/mol. The van der Waals surface area contributed by atoms with E-state index in [0.717, 1.165) is 13.0 Å². The minimum atomic E-state index is -0.299. The van der Waals surface area contributed by atoms with Crippen molar-refractivity contribution in [3.05, 3.63) is 41.7 Å². The molecule has 1 heterocycles. The fraction of sp³-hybridized carbons (Fsp3) is 0.357. The number of nitrogens with zero attached hydrogens (tertiary/aromatic N) is 4. The second-order valence-electron chi connectivity index (χ2n) is 4.47. The average molecular weight is 273 g/mol. The highest BCUT2D eigenvalue weighted by atomic mass is 19.1. The van der Waals surface area contributed by atoms with E-state index >= 15 is 0 Å². The second kappa shape index (κ2) is 6.26. The van der Waals surface area contributed by atoms with Gasteiger partial charge in [-0.1, -0.05) is 13.0 Å². The van der Waals surface area contributed by atoms with Crippen molar-refractivity contribution in [2.45, 2.75) is 26.3 Å². The Hall–Kier alpha value is -2.26. The third kappa shape index (κ3) is 2.83. The summed E-state index contributed by atoms with van der Waals surface area (Å²) in [7, 11) is 0. The van der Waals surface area contributed by atoms with Crippen molar-refractivity contribution in [2.24, 2.45) is 0 Å². The van der Waals surface area contributed by atoms with E-state index < -0.39 is 0 Å². The van der Waals surface area contributed by atoms with Crippen LogP contribution in [0.4, 0.5) is 4.39 Å². The quantitative estimate of drug-likeness (QED) is 0.908. The maximum Gasteiger partial charge on any atom is 0.252 e. The Kier molecular flexibility index (Phi) is 4.43. The third-order valence-corrected chi connectivity index (χ3v) is 3.00. The van der Waals surface area contributed by atoms with Crippen LogP contribution in [0.1, 0.15) is 37.7 Å². The van der Waals surface area contributed by atoms with Crippen LogP contribution in [-0.4, -0.2) is 21.3 Å². The first-order valence-corrected chi connectivity index (χ1v) is 6.51. The highest BCUT2D eigenvalue weighted by molar-refractivity contribution is 5.43. The summed E-state index contributed by atoms with van der Waals surface area (Å²) in [4.78, 5) is 3.85. The van der Waals surface area contributed by atoms with Crippen LogP contribution in [0.2, 0.25) is 0 Å². The molecule has 0 fully saturated rings. The molecule has 0 aliphatic carbocycles. The van der Waals surface area contributed by atoms with Gasteiger partial charge >= 0.3 is 0 Å². The summed E-state index contributed by atoms with van der Waals surface area (Å²) >= 11 is 0. The zero-order chi connectivity index (χ0) is 14.5. The highest BCUT2D eigenvalue weighted by Crippen LogP contribution is 2.24. The SMILES string of the molecule is CCCNC(C)c1c(F)cccc1-n1cnc(C#N)n1. The lowest BCUT2D eigenvalue weighted by molar-refractivity contribution is 0.523. The minimum absolute atomic E-state index is 0.0642. The van der Waals surface area contributed by atoms with Gasteiger partial charge < -0.3 is 5.32 Å². The molecule has 1 aromatic heterocycles. The van der Waals surface area contributed by atoms with Gasteiger partial charge in [0.15, 0.2) is 0 Å². The Morgan fingerprint density at radius 2 is 2.30 bits per heavy atom. The first-order valence-electron chi connectivity index (χ1n) is 6.51. The van der Waals surface area contributed by atoms with Crippen LogP contribution >= 0.6 is 0 Å². The lowest BCUT2D eigenvalue weighted by atomic mass is 10.1. The molecule has 1 N–H and O–H groups in total. The van der Waals surface area contributed by atoms with Crippen LogP contribution in [0, 0.1) is 17.1 Å². The molecule has 1 unspecified atom stereocenters. The van der Waals surface area contributed by atoms with Gasteiger partial charge in [0.2, 0.25) is 0 Å². The zero-order valence-corrected chi connectivity index (χ0v) is 11.5. The topological polar surface area (TPSA) is 66.5 Å². The van der Waals surface area contributed by atoms with Crippen molar-refractivity contribution in [3.63, 3.8) is 0 Å². The molecular formula is C14H16FN5. The molecule has 0 spiro atoms. The molecule has 1 aromatic carbocycles. The van der Waals surface area contributed by atoms with Crippen molar-refractivity contribution in [2.75, 3.05) is 6.54 Å². The molecule has 0 saturated carbocycles. The van der Waals surface area contributed by atoms with Gasteiger partial charge in [0.25, 0.3) is 5.82 Å². The maximum atomic E-state index is 14.1. The van der Waals surface area contributed by atoms with Crippen LogP contribution in [0.25, 0.3) is 5.69 Å². The van der Waals surface area contributed by atoms with E-state index in [2.05, 4.69) is 22.3 Å². The summed E-state index contributed by atoms with van der Waals surface area (Å²) < 4.78 is 15.6. The molecule has 20 heavy (non-hydrogen) atoms. The third-order valence-electron chi connectivity index (χ3n) is 3.00. The van der Waals surface area contributed by atoms with E-state index in [1.54, 1.807) is 12.1 Å². The van der Waals surface area contributed by atoms with Gasteiger partial charge in [-0.15, -0.1) is 5.10 Å². The molecule has 0 amide bonds. The van der Waals surface area contributed by atoms with E-state index in [0.29, 0.717) is 11.3 Å². The molecule has 0 bridgehead atoms. The monoisotopic (exact) mass is 273 g/mol. The largest absolute Gasteiger partial charge is 0.310 e. The normalized spacial score (nSPS) is 12.1. The van der Waals surface area contributed by atoms with Crippen LogP contribution < -0.4 is 5.32 Å². The van der Waals surface area contributed by atoms with Gasteiger partial charge in [-0.3, -0.25) is 0 Å². The Balaban J connectivity index is 2.43. The van der Waals surface area contributed by atoms with E-state index in [4.69, 9.17) is 5.26 Å². The zero-order valence-electron chi connectivity index (χ0n) is 11.5. The summed E-state index contributed by atoms with van der Waals surface area (Å²) in [6.45, 7) is 4.76. The molecule has 104 valence electrons. The Morgan fingerprint density at radius 3 is 2.95 bits per heavy atom. The fourth-order valence-electron chi connectivity index (χ4n) is 2.05. The number of nitriles is 1. The smallest absolute Gasteiger partial charge is 0.252 e. The lowest BCUT2D eigenvalue weighted by Gasteiger charge is -2.18. The van der Waals surface area contributed by atoms with Gasteiger partial charge in [-0.25, -0.2) is 14.1 Å². The predicted octanol–water partition coefficient (Wildman–Crippen LogP) is 2.34. The fourth-order valence-corrected chi connectivity index (χ4v) is 2.05. The van der Waals surface area contributed by atoms with E-state index in [1.807, 2.05) is 13.0 Å². The van der Waals surface area contributed by atoms with Crippen molar-refractivity contribution in [3.8, 4) is 11.8 Å². The summed E-state index contributed by atoms with van der Waals surface area (Å²) in [5.74, 6) is -0.234. The maximum absolute atomic E-state index is 14.1. The molecule has 5 nitrogen and oxygen atoms in total. The molecule has 6 heteroatoms. The lowest BCUT2D eigenvalue weighted by Crippen LogP contribution is -2.22. The predicted molar refractivity (Wildman–Crippen MR) is 72.7 cm³/mol. The van der Waals surface area contributed by atoms with Gasteiger partial charge in [-0.2, -0.15) is 5.26 Å². The van der Waals surface area contributed by atoms with Gasteiger partial charge in [0, 0.05) is 11.6 Å². The molecule has 2 rings (SSSR count). The van der Waals surface area contributed by atoms with Crippen LogP contribution in [-0.2, 0) is 0 Å². The average Bonchev–Trinajstić information content (AvgIpc) is 2.93. The van der Waals surface area contributed by atoms with Crippen molar-refractivity contribution in [1.29, 1.82) is 5.26 Å². The number of halogens is 1. The molecule has 1 atom stereocenters. The first kappa shape index (κ1) is 14.2. The van der Waals surface area contributed by atoms with Crippen LogP contribution in [0.15, 0.2) is 24.5 Å². The summed E-state index contributed by atoms with van der Waals surface area (Å²) in [6, 6.07) is 6.51. The number of benzene rings is 1. The van der Waals surface area contributed by atoms with Crippen molar-refractivity contribution >= 4 is 0 Å². The molecule has 0 aliphatic heterocycles. The Bertz CT molecular complexity index is 629. The summed E-state index contributed by atoms with van der Waals surface area (Å²) in [5.41, 5.74) is 1.12. The van der Waals surface area contributed by atoms with Crippen LogP contribution in [0.5, 0.6) is 0 Å². The van der Waals surface area contributed by atoms with Gasteiger partial charge in [0.05, 0.1) is 5.69 Å². The first-order chi connectivity index (χ1) is 9.67. The molecule has 0 aliphatic rings. The highest BCUT2D eigenvalue weighted by Gasteiger charge is 2.17. The molecule has 0 saturated heterocycles. The van der Waals surface area contributed by atoms with Crippen molar-refractivity contribution in [1.82, 2.24) is 20.1 Å². The summed E-state index contributed by atoms with van der Waals surface area (Å²) in [5, 5.41) is 16.0. The minimum Gasteiger partial charge on any atom is -0.310 e. The number of hydrogen-bond acceptors (Lipinski definition) is 4. The van der Waals surface area contributed by atoms with Gasteiger partial charge in [0.1, 0.15) is 18.2 Å². The molecule has 2 aromatic rings. The van der Waals surface area contributed by atoms with Crippen molar-refractivity contribution < 1.29 is 4.39 Å². The van der Waals surface area contributed by atoms with Crippen LogP contribution in [0.3, 0.4) is 0 Å². The number of hydrogen-bond donors (Lipinski definition) is 1. The number of aromatic nitrogens is 3. The Labute approximate surface area is 117 Å². The van der Waals surface area contributed by atoms with E-state index in [1.165, 1.54) is 17.1 Å². The number of nitrogens with one attached hydrogen (secondary N) is 1. The summed E-state index contributed by atoms with van der Waals surface area (Å²) in [6.07, 6.45) is 2.39. The second-order valence-corrected chi connectivity index (χ2v) is 4.47. The van der Waals surface area contributed by atoms with E-state index in [-0.39, 0.29) is 17.7 Å².